The van der Waals surface area contributed by atoms with E-state index in [-0.39, 0.29) is 28.8 Å². The summed E-state index contributed by atoms with van der Waals surface area (Å²) in [4.78, 5) is 26.3. The first kappa shape index (κ1) is 22.5. The molecule has 1 heterocycles. The third-order valence-electron chi connectivity index (χ3n) is 5.48. The van der Waals surface area contributed by atoms with Crippen LogP contribution in [0.15, 0.2) is 77.7 Å². The molecule has 0 atom stereocenters. The summed E-state index contributed by atoms with van der Waals surface area (Å²) >= 11 is 0. The largest absolute Gasteiger partial charge is 0.348 e. The van der Waals surface area contributed by atoms with Gasteiger partial charge in [-0.2, -0.15) is 0 Å². The number of carbonyl (C=O) groups excluding carboxylic acids is 2. The molecule has 7 nitrogen and oxygen atoms in total. The lowest BCUT2D eigenvalue weighted by atomic mass is 10.1. The molecule has 0 aliphatic carbocycles. The van der Waals surface area contributed by atoms with Crippen molar-refractivity contribution < 1.29 is 18.0 Å². The summed E-state index contributed by atoms with van der Waals surface area (Å²) in [6.45, 7) is 2.93. The number of aryl methyl sites for hydroxylation is 1. The van der Waals surface area contributed by atoms with Crippen molar-refractivity contribution in [1.82, 2.24) is 5.32 Å². The molecule has 0 bridgehead atoms. The molecule has 0 radical (unpaired) electrons. The van der Waals surface area contributed by atoms with Crippen LogP contribution in [0.5, 0.6) is 0 Å². The average Bonchev–Trinajstić information content (AvgIpc) is 3.25. The highest BCUT2D eigenvalue weighted by Gasteiger charge is 2.21. The molecule has 0 spiro atoms. The summed E-state index contributed by atoms with van der Waals surface area (Å²) < 4.78 is 28.0. The van der Waals surface area contributed by atoms with Crippen LogP contribution >= 0.6 is 0 Å². The Morgan fingerprint density at radius 2 is 1.73 bits per heavy atom. The molecule has 170 valence electrons. The number of benzene rings is 3. The van der Waals surface area contributed by atoms with Crippen LogP contribution in [0.1, 0.15) is 34.3 Å². The van der Waals surface area contributed by atoms with E-state index >= 15 is 0 Å². The Balaban J connectivity index is 1.40. The van der Waals surface area contributed by atoms with Gasteiger partial charge in [-0.3, -0.25) is 14.3 Å². The number of hydrogen-bond acceptors (Lipinski definition) is 4. The van der Waals surface area contributed by atoms with Gasteiger partial charge in [-0.25, -0.2) is 8.42 Å². The first-order chi connectivity index (χ1) is 15.8. The van der Waals surface area contributed by atoms with Gasteiger partial charge in [-0.05, 0) is 61.4 Å². The van der Waals surface area contributed by atoms with Crippen LogP contribution in [-0.2, 0) is 21.4 Å². The van der Waals surface area contributed by atoms with Gasteiger partial charge in [-0.1, -0.05) is 35.9 Å². The van der Waals surface area contributed by atoms with Crippen molar-refractivity contribution in [3.63, 3.8) is 0 Å². The van der Waals surface area contributed by atoms with Crippen LogP contribution in [-0.4, -0.2) is 26.8 Å². The predicted molar refractivity (Wildman–Crippen MR) is 128 cm³/mol. The first-order valence-electron chi connectivity index (χ1n) is 10.7. The lowest BCUT2D eigenvalue weighted by Crippen LogP contribution is -2.24. The standard InChI is InChI=1S/C25H25N3O4S/c1-18-7-11-21(12-8-18)27-33(31,32)23-5-2-4-20(16-23)25(30)26-17-19-9-13-22(14-10-19)28-15-3-6-24(28)29/h2,4-5,7-14,16,27H,3,6,15,17H2,1H3,(H,26,30). The van der Waals surface area contributed by atoms with Crippen LogP contribution in [0.4, 0.5) is 11.4 Å². The Hall–Kier alpha value is -3.65. The van der Waals surface area contributed by atoms with E-state index in [9.17, 15) is 18.0 Å². The lowest BCUT2D eigenvalue weighted by molar-refractivity contribution is -0.117. The second-order valence-corrected chi connectivity index (χ2v) is 9.68. The maximum atomic E-state index is 12.7. The van der Waals surface area contributed by atoms with Crippen molar-refractivity contribution in [2.45, 2.75) is 31.2 Å². The van der Waals surface area contributed by atoms with E-state index in [0.29, 0.717) is 12.1 Å². The van der Waals surface area contributed by atoms with Gasteiger partial charge in [0.15, 0.2) is 0 Å². The number of rotatable bonds is 7. The molecule has 3 aromatic carbocycles. The second kappa shape index (κ2) is 9.46. The SMILES string of the molecule is Cc1ccc(NS(=O)(=O)c2cccc(C(=O)NCc3ccc(N4CCCC4=O)cc3)c2)cc1. The van der Waals surface area contributed by atoms with E-state index in [1.165, 1.54) is 12.1 Å². The number of anilines is 2. The van der Waals surface area contributed by atoms with Crippen LogP contribution in [0.2, 0.25) is 0 Å². The number of carbonyl (C=O) groups is 2. The van der Waals surface area contributed by atoms with Crippen molar-refractivity contribution >= 4 is 33.2 Å². The van der Waals surface area contributed by atoms with Crippen molar-refractivity contribution in [2.24, 2.45) is 0 Å². The van der Waals surface area contributed by atoms with E-state index in [1.807, 2.05) is 43.3 Å². The minimum absolute atomic E-state index is 0.00959. The van der Waals surface area contributed by atoms with Crippen molar-refractivity contribution in [3.05, 3.63) is 89.5 Å². The minimum atomic E-state index is -3.83. The third-order valence-corrected chi connectivity index (χ3v) is 6.86. The van der Waals surface area contributed by atoms with Gasteiger partial charge in [0, 0.05) is 36.4 Å². The number of sulfonamides is 1. The quantitative estimate of drug-likeness (QED) is 0.556. The zero-order valence-electron chi connectivity index (χ0n) is 18.2. The van der Waals surface area contributed by atoms with Crippen LogP contribution in [0.25, 0.3) is 0 Å². The summed E-state index contributed by atoms with van der Waals surface area (Å²) in [6.07, 6.45) is 1.44. The van der Waals surface area contributed by atoms with Gasteiger partial charge in [0.2, 0.25) is 5.91 Å². The zero-order chi connectivity index (χ0) is 23.4. The molecule has 0 saturated carbocycles. The molecule has 8 heteroatoms. The fraction of sp³-hybridized carbons (Fsp3) is 0.200. The number of nitrogens with one attached hydrogen (secondary N) is 2. The van der Waals surface area contributed by atoms with Gasteiger partial charge >= 0.3 is 0 Å². The topological polar surface area (TPSA) is 95.6 Å². The van der Waals surface area contributed by atoms with Crippen molar-refractivity contribution in [3.8, 4) is 0 Å². The molecule has 1 aliphatic rings. The summed E-state index contributed by atoms with van der Waals surface area (Å²) in [5.74, 6) is -0.246. The van der Waals surface area contributed by atoms with Gasteiger partial charge in [0.05, 0.1) is 4.90 Å². The van der Waals surface area contributed by atoms with E-state index in [1.54, 1.807) is 29.2 Å². The Labute approximate surface area is 193 Å². The highest BCUT2D eigenvalue weighted by molar-refractivity contribution is 7.92. The molecule has 33 heavy (non-hydrogen) atoms. The first-order valence-corrected chi connectivity index (χ1v) is 12.2. The van der Waals surface area contributed by atoms with Crippen LogP contribution < -0.4 is 14.9 Å². The Morgan fingerprint density at radius 1 is 1.00 bits per heavy atom. The Bertz CT molecular complexity index is 1270. The highest BCUT2D eigenvalue weighted by atomic mass is 32.2. The van der Waals surface area contributed by atoms with Gasteiger partial charge < -0.3 is 10.2 Å². The number of amides is 2. The van der Waals surface area contributed by atoms with Crippen molar-refractivity contribution in [1.29, 1.82) is 0 Å². The van der Waals surface area contributed by atoms with Gasteiger partial charge in [0.1, 0.15) is 0 Å². The molecule has 0 aromatic heterocycles. The van der Waals surface area contributed by atoms with Gasteiger partial charge in [-0.15, -0.1) is 0 Å². The van der Waals surface area contributed by atoms with Crippen molar-refractivity contribution in [2.75, 3.05) is 16.2 Å². The molecule has 1 aliphatic heterocycles. The average molecular weight is 464 g/mol. The summed E-state index contributed by atoms with van der Waals surface area (Å²) in [7, 11) is -3.83. The maximum Gasteiger partial charge on any atom is 0.261 e. The lowest BCUT2D eigenvalue weighted by Gasteiger charge is -2.16. The normalized spacial score (nSPS) is 13.7. The van der Waals surface area contributed by atoms with E-state index in [4.69, 9.17) is 0 Å². The summed E-state index contributed by atoms with van der Waals surface area (Å²) in [5, 5.41) is 2.81. The summed E-state index contributed by atoms with van der Waals surface area (Å²) in [6, 6.07) is 20.4. The monoisotopic (exact) mass is 463 g/mol. The summed E-state index contributed by atoms with van der Waals surface area (Å²) in [5.41, 5.74) is 3.46. The number of nitrogens with zero attached hydrogens (tertiary/aromatic N) is 1. The predicted octanol–water partition coefficient (Wildman–Crippen LogP) is 3.85. The molecule has 0 unspecified atom stereocenters. The fourth-order valence-corrected chi connectivity index (χ4v) is 4.74. The second-order valence-electron chi connectivity index (χ2n) is 8.00. The number of hydrogen-bond donors (Lipinski definition) is 2. The molecule has 2 amide bonds. The maximum absolute atomic E-state index is 12.7. The molecule has 4 rings (SSSR count). The van der Waals surface area contributed by atoms with E-state index < -0.39 is 10.0 Å². The molecular weight excluding hydrogens is 438 g/mol. The molecule has 3 aromatic rings. The highest BCUT2D eigenvalue weighted by Crippen LogP contribution is 2.22. The smallest absolute Gasteiger partial charge is 0.261 e. The zero-order valence-corrected chi connectivity index (χ0v) is 19.1. The molecule has 1 fully saturated rings. The van der Waals surface area contributed by atoms with Crippen LogP contribution in [0, 0.1) is 6.92 Å². The molecular formula is C25H25N3O4S. The molecule has 1 saturated heterocycles. The fourth-order valence-electron chi connectivity index (χ4n) is 3.64. The Kier molecular flexibility index (Phi) is 6.46. The van der Waals surface area contributed by atoms with E-state index in [0.717, 1.165) is 29.8 Å². The minimum Gasteiger partial charge on any atom is -0.348 e. The van der Waals surface area contributed by atoms with E-state index in [2.05, 4.69) is 10.0 Å². The van der Waals surface area contributed by atoms with Crippen LogP contribution in [0.3, 0.4) is 0 Å². The third kappa shape index (κ3) is 5.40. The van der Waals surface area contributed by atoms with Gasteiger partial charge in [0.25, 0.3) is 15.9 Å². The molecule has 2 N–H and O–H groups in total. The Morgan fingerprint density at radius 3 is 2.39 bits per heavy atom.